The highest BCUT2D eigenvalue weighted by Crippen LogP contribution is 2.31. The van der Waals surface area contributed by atoms with Crippen LogP contribution in [0, 0.1) is 0 Å². The molecule has 0 aliphatic carbocycles. The van der Waals surface area contributed by atoms with E-state index in [1.54, 1.807) is 47.8 Å². The second-order valence-corrected chi connectivity index (χ2v) is 8.00. The molecule has 1 aliphatic rings. The molecular weight excluding hydrogens is 446 g/mol. The number of rotatable bonds is 8. The maximum atomic E-state index is 12.3. The van der Waals surface area contributed by atoms with E-state index in [0.717, 1.165) is 0 Å². The molecule has 0 saturated carbocycles. The molecule has 9 nitrogen and oxygen atoms in total. The second-order valence-electron chi connectivity index (χ2n) is 7.05. The summed E-state index contributed by atoms with van der Waals surface area (Å²) in [6, 6.07) is 14.1. The van der Waals surface area contributed by atoms with E-state index < -0.39 is 5.97 Å². The number of aromatic nitrogens is 1. The summed E-state index contributed by atoms with van der Waals surface area (Å²) in [6.07, 6.45) is 0.0791. The minimum Gasteiger partial charge on any atom is -0.495 e. The van der Waals surface area contributed by atoms with Crippen LogP contribution in [0.5, 0.6) is 11.5 Å². The van der Waals surface area contributed by atoms with Crippen molar-refractivity contribution in [2.24, 2.45) is 0 Å². The predicted octanol–water partition coefficient (Wildman–Crippen LogP) is 2.80. The van der Waals surface area contributed by atoms with Gasteiger partial charge in [0.15, 0.2) is 6.61 Å². The molecular formula is C23H21N3O6S. The SMILES string of the molecule is COc1ccccc1NC(=O)Cc1nc(COC(=O)CN2C(=O)COc3ccccc32)cs1. The number of amides is 2. The van der Waals surface area contributed by atoms with E-state index in [1.807, 2.05) is 6.07 Å². The molecule has 0 radical (unpaired) electrons. The standard InChI is InChI=1S/C23H21N3O6S/c1-30-18-8-4-2-6-16(18)25-20(27)10-21-24-15(14-33-21)12-32-23(29)11-26-17-7-3-5-9-19(17)31-13-22(26)28/h2-9,14H,10-13H2,1H3,(H,25,27). The molecule has 0 spiro atoms. The zero-order valence-electron chi connectivity index (χ0n) is 17.8. The molecule has 1 aliphatic heterocycles. The first kappa shape index (κ1) is 22.3. The summed E-state index contributed by atoms with van der Waals surface area (Å²) in [4.78, 5) is 42.6. The van der Waals surface area contributed by atoms with E-state index in [1.165, 1.54) is 23.3 Å². The Morgan fingerprint density at radius 2 is 1.97 bits per heavy atom. The van der Waals surface area contributed by atoms with Crippen molar-refractivity contribution in [3.63, 3.8) is 0 Å². The van der Waals surface area contributed by atoms with Crippen molar-refractivity contribution in [1.82, 2.24) is 4.98 Å². The van der Waals surface area contributed by atoms with Crippen molar-refractivity contribution in [1.29, 1.82) is 0 Å². The van der Waals surface area contributed by atoms with Crippen LogP contribution in [0.2, 0.25) is 0 Å². The number of esters is 1. The van der Waals surface area contributed by atoms with Gasteiger partial charge in [-0.05, 0) is 24.3 Å². The Balaban J connectivity index is 1.29. The third-order valence-electron chi connectivity index (χ3n) is 4.77. The lowest BCUT2D eigenvalue weighted by molar-refractivity contribution is -0.144. The largest absolute Gasteiger partial charge is 0.495 e. The Kier molecular flexibility index (Phi) is 6.84. The second kappa shape index (κ2) is 10.1. The number of para-hydroxylation sites is 4. The van der Waals surface area contributed by atoms with Crippen molar-refractivity contribution < 1.29 is 28.6 Å². The molecule has 4 rings (SSSR count). The van der Waals surface area contributed by atoms with E-state index in [-0.39, 0.29) is 38.0 Å². The van der Waals surface area contributed by atoms with Crippen LogP contribution in [-0.2, 0) is 32.1 Å². The molecule has 170 valence electrons. The van der Waals surface area contributed by atoms with Gasteiger partial charge in [0, 0.05) is 5.38 Å². The molecule has 1 N–H and O–H groups in total. The van der Waals surface area contributed by atoms with Crippen LogP contribution < -0.4 is 19.7 Å². The van der Waals surface area contributed by atoms with Gasteiger partial charge in [0.25, 0.3) is 5.91 Å². The first-order valence-electron chi connectivity index (χ1n) is 10.1. The summed E-state index contributed by atoms with van der Waals surface area (Å²) in [5.41, 5.74) is 1.64. The van der Waals surface area contributed by atoms with Crippen LogP contribution in [0.15, 0.2) is 53.9 Å². The minimum atomic E-state index is -0.566. The molecule has 1 aromatic heterocycles. The quantitative estimate of drug-likeness (QED) is 0.508. The average Bonchev–Trinajstić information content (AvgIpc) is 3.27. The van der Waals surface area contributed by atoms with Crippen molar-refractivity contribution >= 4 is 40.5 Å². The fraction of sp³-hybridized carbons (Fsp3) is 0.217. The first-order valence-corrected chi connectivity index (χ1v) is 11.0. The Labute approximate surface area is 193 Å². The molecule has 3 aromatic rings. The van der Waals surface area contributed by atoms with Crippen LogP contribution in [0.25, 0.3) is 0 Å². The van der Waals surface area contributed by atoms with Gasteiger partial charge in [-0.15, -0.1) is 11.3 Å². The summed E-state index contributed by atoms with van der Waals surface area (Å²) in [5.74, 6) is -0.00697. The fourth-order valence-electron chi connectivity index (χ4n) is 3.23. The van der Waals surface area contributed by atoms with Gasteiger partial charge in [-0.1, -0.05) is 24.3 Å². The predicted molar refractivity (Wildman–Crippen MR) is 122 cm³/mol. The molecule has 0 fully saturated rings. The first-order chi connectivity index (χ1) is 16.0. The lowest BCUT2D eigenvalue weighted by Crippen LogP contribution is -2.42. The molecule has 33 heavy (non-hydrogen) atoms. The lowest BCUT2D eigenvalue weighted by Gasteiger charge is -2.28. The number of fused-ring (bicyclic) bond motifs is 1. The van der Waals surface area contributed by atoms with E-state index >= 15 is 0 Å². The summed E-state index contributed by atoms with van der Waals surface area (Å²) in [7, 11) is 1.53. The normalized spacial score (nSPS) is 12.5. The molecule has 0 saturated heterocycles. The van der Waals surface area contributed by atoms with Crippen LogP contribution in [0.3, 0.4) is 0 Å². The molecule has 10 heteroatoms. The van der Waals surface area contributed by atoms with E-state index in [0.29, 0.717) is 33.6 Å². The van der Waals surface area contributed by atoms with Gasteiger partial charge in [0.2, 0.25) is 5.91 Å². The highest BCUT2D eigenvalue weighted by Gasteiger charge is 2.27. The lowest BCUT2D eigenvalue weighted by atomic mass is 10.2. The number of carbonyl (C=O) groups excluding carboxylic acids is 3. The number of carbonyl (C=O) groups is 3. The van der Waals surface area contributed by atoms with Crippen LogP contribution in [-0.4, -0.2) is 43.0 Å². The number of methoxy groups -OCH3 is 1. The highest BCUT2D eigenvalue weighted by atomic mass is 32.1. The van der Waals surface area contributed by atoms with Crippen molar-refractivity contribution in [2.75, 3.05) is 30.5 Å². The number of hydrogen-bond acceptors (Lipinski definition) is 8. The van der Waals surface area contributed by atoms with E-state index in [2.05, 4.69) is 10.3 Å². The Bertz CT molecular complexity index is 1180. The van der Waals surface area contributed by atoms with Gasteiger partial charge in [-0.2, -0.15) is 0 Å². The zero-order valence-corrected chi connectivity index (χ0v) is 18.6. The van der Waals surface area contributed by atoms with Crippen molar-refractivity contribution in [3.8, 4) is 11.5 Å². The molecule has 2 aromatic carbocycles. The van der Waals surface area contributed by atoms with Gasteiger partial charge >= 0.3 is 5.97 Å². The molecule has 0 unspecified atom stereocenters. The number of anilines is 2. The third-order valence-corrected chi connectivity index (χ3v) is 5.67. The van der Waals surface area contributed by atoms with Gasteiger partial charge in [0.05, 0.1) is 30.6 Å². The number of thiazole rings is 1. The minimum absolute atomic E-state index is 0.0519. The van der Waals surface area contributed by atoms with Gasteiger partial charge < -0.3 is 19.5 Å². The van der Waals surface area contributed by atoms with E-state index in [9.17, 15) is 14.4 Å². The number of benzene rings is 2. The molecule has 0 bridgehead atoms. The summed E-state index contributed by atoms with van der Waals surface area (Å²) >= 11 is 1.30. The fourth-order valence-corrected chi connectivity index (χ4v) is 4.01. The highest BCUT2D eigenvalue weighted by molar-refractivity contribution is 7.09. The number of nitrogens with zero attached hydrogens (tertiary/aromatic N) is 2. The summed E-state index contributed by atoms with van der Waals surface area (Å²) in [5, 5.41) is 5.12. The monoisotopic (exact) mass is 467 g/mol. The Hall–Kier alpha value is -3.92. The summed E-state index contributed by atoms with van der Waals surface area (Å²) in [6.45, 7) is -0.405. The zero-order chi connectivity index (χ0) is 23.2. The molecule has 2 amide bonds. The number of ether oxygens (including phenoxy) is 3. The van der Waals surface area contributed by atoms with Crippen LogP contribution in [0.4, 0.5) is 11.4 Å². The average molecular weight is 468 g/mol. The Morgan fingerprint density at radius 1 is 1.18 bits per heavy atom. The van der Waals surface area contributed by atoms with Gasteiger partial charge in [-0.3, -0.25) is 19.3 Å². The summed E-state index contributed by atoms with van der Waals surface area (Å²) < 4.78 is 15.9. The van der Waals surface area contributed by atoms with Crippen molar-refractivity contribution in [2.45, 2.75) is 13.0 Å². The van der Waals surface area contributed by atoms with Crippen molar-refractivity contribution in [3.05, 3.63) is 64.6 Å². The van der Waals surface area contributed by atoms with Crippen LogP contribution in [0.1, 0.15) is 10.7 Å². The third kappa shape index (κ3) is 5.47. The maximum Gasteiger partial charge on any atom is 0.326 e. The smallest absolute Gasteiger partial charge is 0.326 e. The molecule has 2 heterocycles. The number of hydrogen-bond donors (Lipinski definition) is 1. The number of nitrogens with one attached hydrogen (secondary N) is 1. The van der Waals surface area contributed by atoms with Gasteiger partial charge in [0.1, 0.15) is 29.7 Å². The van der Waals surface area contributed by atoms with Gasteiger partial charge in [-0.25, -0.2) is 4.98 Å². The Morgan fingerprint density at radius 3 is 2.82 bits per heavy atom. The topological polar surface area (TPSA) is 107 Å². The maximum absolute atomic E-state index is 12.3. The molecule has 0 atom stereocenters. The van der Waals surface area contributed by atoms with E-state index in [4.69, 9.17) is 14.2 Å². The van der Waals surface area contributed by atoms with Crippen LogP contribution >= 0.6 is 11.3 Å².